The Kier molecular flexibility index (Phi) is 6.02. The SMILES string of the molecule is CCOC(C)(CC)C(NC)c1c(OC)cnn1C(C)C. The summed E-state index contributed by atoms with van der Waals surface area (Å²) in [6, 6.07) is 0.291. The van der Waals surface area contributed by atoms with Crippen molar-refractivity contribution in [1.82, 2.24) is 15.1 Å². The molecule has 5 heteroatoms. The summed E-state index contributed by atoms with van der Waals surface area (Å²) in [6.07, 6.45) is 2.68. The summed E-state index contributed by atoms with van der Waals surface area (Å²) in [5.41, 5.74) is 0.742. The van der Waals surface area contributed by atoms with Gasteiger partial charge in [0.15, 0.2) is 5.75 Å². The van der Waals surface area contributed by atoms with E-state index in [2.05, 4.69) is 38.1 Å². The van der Waals surface area contributed by atoms with Gasteiger partial charge in [0.05, 0.1) is 24.9 Å². The van der Waals surface area contributed by atoms with Crippen LogP contribution >= 0.6 is 0 Å². The van der Waals surface area contributed by atoms with Gasteiger partial charge in [0.1, 0.15) is 5.69 Å². The van der Waals surface area contributed by atoms with Crippen LogP contribution < -0.4 is 10.1 Å². The van der Waals surface area contributed by atoms with Gasteiger partial charge in [0.2, 0.25) is 0 Å². The molecule has 20 heavy (non-hydrogen) atoms. The van der Waals surface area contributed by atoms with Gasteiger partial charge < -0.3 is 14.8 Å². The number of ether oxygens (including phenoxy) is 2. The number of rotatable bonds is 8. The van der Waals surface area contributed by atoms with Gasteiger partial charge in [-0.1, -0.05) is 6.92 Å². The standard InChI is InChI=1S/C15H29N3O2/c1-8-15(5,20-9-2)14(16-6)13-12(19-7)10-17-18(13)11(3)4/h10-11,14,16H,8-9H2,1-7H3. The zero-order valence-electron chi connectivity index (χ0n) is 13.9. The fourth-order valence-corrected chi connectivity index (χ4v) is 2.65. The second-order valence-electron chi connectivity index (χ2n) is 5.46. The Morgan fingerprint density at radius 3 is 2.45 bits per heavy atom. The second-order valence-corrected chi connectivity index (χ2v) is 5.46. The highest BCUT2D eigenvalue weighted by atomic mass is 16.5. The summed E-state index contributed by atoms with van der Waals surface area (Å²) in [5.74, 6) is 0.803. The lowest BCUT2D eigenvalue weighted by Gasteiger charge is -2.37. The van der Waals surface area contributed by atoms with Gasteiger partial charge in [-0.3, -0.25) is 4.68 Å². The van der Waals surface area contributed by atoms with Crippen LogP contribution in [-0.2, 0) is 4.74 Å². The van der Waals surface area contributed by atoms with Gasteiger partial charge in [-0.15, -0.1) is 0 Å². The maximum Gasteiger partial charge on any atom is 0.161 e. The van der Waals surface area contributed by atoms with E-state index in [9.17, 15) is 0 Å². The van der Waals surface area contributed by atoms with Crippen molar-refractivity contribution in [2.75, 3.05) is 20.8 Å². The molecule has 2 unspecified atom stereocenters. The van der Waals surface area contributed by atoms with Crippen molar-refractivity contribution in [3.8, 4) is 5.75 Å². The van der Waals surface area contributed by atoms with E-state index in [1.165, 1.54) is 0 Å². The Balaban J connectivity index is 3.33. The van der Waals surface area contributed by atoms with Crippen molar-refractivity contribution >= 4 is 0 Å². The van der Waals surface area contributed by atoms with Crippen LogP contribution in [0.2, 0.25) is 0 Å². The molecule has 1 N–H and O–H groups in total. The lowest BCUT2D eigenvalue weighted by molar-refractivity contribution is -0.0571. The van der Waals surface area contributed by atoms with Crippen LogP contribution in [0.4, 0.5) is 0 Å². The minimum absolute atomic E-state index is 0.0206. The van der Waals surface area contributed by atoms with E-state index in [0.29, 0.717) is 6.61 Å². The van der Waals surface area contributed by atoms with E-state index in [-0.39, 0.29) is 17.7 Å². The summed E-state index contributed by atoms with van der Waals surface area (Å²) in [7, 11) is 3.64. The third-order valence-electron chi connectivity index (χ3n) is 3.86. The molecule has 0 aliphatic carbocycles. The van der Waals surface area contributed by atoms with E-state index in [1.807, 2.05) is 18.7 Å². The van der Waals surface area contributed by atoms with Crippen molar-refractivity contribution in [3.05, 3.63) is 11.9 Å². The van der Waals surface area contributed by atoms with E-state index in [1.54, 1.807) is 13.3 Å². The molecule has 0 bridgehead atoms. The number of nitrogens with zero attached hydrogens (tertiary/aromatic N) is 2. The number of hydrogen-bond donors (Lipinski definition) is 1. The first-order chi connectivity index (χ1) is 9.45. The topological polar surface area (TPSA) is 48.3 Å². The van der Waals surface area contributed by atoms with Crippen LogP contribution in [0.5, 0.6) is 5.75 Å². The molecular formula is C15H29N3O2. The molecule has 0 spiro atoms. The first-order valence-electron chi connectivity index (χ1n) is 7.37. The molecule has 0 aliphatic heterocycles. The van der Waals surface area contributed by atoms with Crippen LogP contribution in [0, 0.1) is 0 Å². The summed E-state index contributed by atoms with van der Waals surface area (Å²) in [6.45, 7) is 11.2. The van der Waals surface area contributed by atoms with Crippen LogP contribution in [0.25, 0.3) is 0 Å². The Morgan fingerprint density at radius 1 is 1.40 bits per heavy atom. The molecule has 1 heterocycles. The Hall–Kier alpha value is -1.07. The van der Waals surface area contributed by atoms with Gasteiger partial charge >= 0.3 is 0 Å². The fourth-order valence-electron chi connectivity index (χ4n) is 2.65. The largest absolute Gasteiger partial charge is 0.493 e. The van der Waals surface area contributed by atoms with Gasteiger partial charge in [0, 0.05) is 12.6 Å². The molecule has 0 aromatic carbocycles. The smallest absolute Gasteiger partial charge is 0.161 e. The normalized spacial score (nSPS) is 16.2. The van der Waals surface area contributed by atoms with Crippen molar-refractivity contribution in [3.63, 3.8) is 0 Å². The highest BCUT2D eigenvalue weighted by Crippen LogP contribution is 2.37. The van der Waals surface area contributed by atoms with E-state index >= 15 is 0 Å². The molecule has 0 saturated heterocycles. The quantitative estimate of drug-likeness (QED) is 0.797. The highest BCUT2D eigenvalue weighted by molar-refractivity contribution is 5.31. The zero-order chi connectivity index (χ0) is 15.3. The lowest BCUT2D eigenvalue weighted by atomic mass is 9.90. The molecule has 0 amide bonds. The summed E-state index contributed by atoms with van der Waals surface area (Å²) >= 11 is 0. The minimum Gasteiger partial charge on any atom is -0.493 e. The number of methoxy groups -OCH3 is 1. The molecule has 0 fully saturated rings. The molecule has 0 radical (unpaired) electrons. The maximum absolute atomic E-state index is 6.03. The van der Waals surface area contributed by atoms with Crippen LogP contribution in [-0.4, -0.2) is 36.1 Å². The Morgan fingerprint density at radius 2 is 2.05 bits per heavy atom. The fraction of sp³-hybridized carbons (Fsp3) is 0.800. The van der Waals surface area contributed by atoms with Crippen LogP contribution in [0.15, 0.2) is 6.20 Å². The molecule has 1 rings (SSSR count). The van der Waals surface area contributed by atoms with Gasteiger partial charge in [-0.25, -0.2) is 0 Å². The molecule has 0 saturated carbocycles. The zero-order valence-corrected chi connectivity index (χ0v) is 13.9. The summed E-state index contributed by atoms with van der Waals surface area (Å²) in [5, 5.41) is 7.84. The molecule has 2 atom stereocenters. The predicted octanol–water partition coefficient (Wildman–Crippen LogP) is 2.94. The van der Waals surface area contributed by atoms with Crippen molar-refractivity contribution in [2.24, 2.45) is 0 Å². The van der Waals surface area contributed by atoms with E-state index in [4.69, 9.17) is 9.47 Å². The monoisotopic (exact) mass is 283 g/mol. The number of aromatic nitrogens is 2. The van der Waals surface area contributed by atoms with Crippen molar-refractivity contribution in [2.45, 2.75) is 58.7 Å². The Labute approximate surface area is 122 Å². The lowest BCUT2D eigenvalue weighted by Crippen LogP contribution is -2.43. The minimum atomic E-state index is -0.302. The molecular weight excluding hydrogens is 254 g/mol. The van der Waals surface area contributed by atoms with Gasteiger partial charge in [-0.05, 0) is 41.2 Å². The molecule has 5 nitrogen and oxygen atoms in total. The molecule has 1 aromatic rings. The Bertz CT molecular complexity index is 417. The second kappa shape index (κ2) is 7.09. The number of hydrogen-bond acceptors (Lipinski definition) is 4. The molecule has 0 aliphatic rings. The van der Waals surface area contributed by atoms with Gasteiger partial charge in [0.25, 0.3) is 0 Å². The average Bonchev–Trinajstić information content (AvgIpc) is 2.83. The van der Waals surface area contributed by atoms with Crippen LogP contribution in [0.1, 0.15) is 58.8 Å². The first-order valence-corrected chi connectivity index (χ1v) is 7.37. The van der Waals surface area contributed by atoms with E-state index < -0.39 is 0 Å². The third kappa shape index (κ3) is 3.15. The van der Waals surface area contributed by atoms with Crippen molar-refractivity contribution in [1.29, 1.82) is 0 Å². The third-order valence-corrected chi connectivity index (χ3v) is 3.86. The van der Waals surface area contributed by atoms with Crippen molar-refractivity contribution < 1.29 is 9.47 Å². The first kappa shape index (κ1) is 17.0. The average molecular weight is 283 g/mol. The molecule has 1 aromatic heterocycles. The van der Waals surface area contributed by atoms with E-state index in [0.717, 1.165) is 17.9 Å². The highest BCUT2D eigenvalue weighted by Gasteiger charge is 2.38. The predicted molar refractivity (Wildman–Crippen MR) is 81.3 cm³/mol. The molecule has 116 valence electrons. The maximum atomic E-state index is 6.03. The summed E-state index contributed by atoms with van der Waals surface area (Å²) in [4.78, 5) is 0. The summed E-state index contributed by atoms with van der Waals surface area (Å²) < 4.78 is 13.5. The number of likely N-dealkylation sites (N-methyl/N-ethyl adjacent to an activating group) is 1. The van der Waals surface area contributed by atoms with Gasteiger partial charge in [-0.2, -0.15) is 5.10 Å². The number of nitrogens with one attached hydrogen (secondary N) is 1. The van der Waals surface area contributed by atoms with Crippen LogP contribution in [0.3, 0.4) is 0 Å².